The van der Waals surface area contributed by atoms with Crippen molar-refractivity contribution in [2.45, 2.75) is 38.5 Å². The average molecular weight is 423 g/mol. The molecule has 0 spiro atoms. The van der Waals surface area contributed by atoms with E-state index in [0.29, 0.717) is 0 Å². The molecule has 2 N–H and O–H groups in total. The predicted molar refractivity (Wildman–Crippen MR) is 132 cm³/mol. The standard InChI is InChI=1S/C30H30O2/c1-21-5-7-24(8-6-21)30(4,26-15-19-28(32)20-16-26)25-11-9-22(10-12-25)29(2,3)23-13-17-27(31)18-14-23/h5-20,31-32H,1-4H3. The van der Waals surface area contributed by atoms with Gasteiger partial charge in [-0.25, -0.2) is 0 Å². The second-order valence-corrected chi connectivity index (χ2v) is 9.29. The van der Waals surface area contributed by atoms with Crippen LogP contribution in [0.15, 0.2) is 97.1 Å². The smallest absolute Gasteiger partial charge is 0.115 e. The molecule has 2 heteroatoms. The van der Waals surface area contributed by atoms with Crippen molar-refractivity contribution in [2.75, 3.05) is 0 Å². The monoisotopic (exact) mass is 422 g/mol. The van der Waals surface area contributed by atoms with Crippen molar-refractivity contribution in [1.82, 2.24) is 0 Å². The summed E-state index contributed by atoms with van der Waals surface area (Å²) in [5, 5.41) is 19.5. The van der Waals surface area contributed by atoms with Crippen LogP contribution < -0.4 is 0 Å². The van der Waals surface area contributed by atoms with Gasteiger partial charge in [0.2, 0.25) is 0 Å². The van der Waals surface area contributed by atoms with Crippen molar-refractivity contribution in [3.8, 4) is 11.5 Å². The van der Waals surface area contributed by atoms with Crippen LogP contribution in [-0.2, 0) is 10.8 Å². The lowest BCUT2D eigenvalue weighted by Gasteiger charge is -2.33. The fourth-order valence-electron chi connectivity index (χ4n) is 4.45. The van der Waals surface area contributed by atoms with Gasteiger partial charge in [-0.3, -0.25) is 0 Å². The van der Waals surface area contributed by atoms with E-state index in [9.17, 15) is 10.2 Å². The molecule has 4 aromatic carbocycles. The van der Waals surface area contributed by atoms with Gasteiger partial charge in [-0.05, 0) is 65.9 Å². The number of rotatable bonds is 5. The molecule has 2 nitrogen and oxygen atoms in total. The SMILES string of the molecule is Cc1ccc(C(C)(c2ccc(O)cc2)c2ccc(C(C)(C)c3ccc(O)cc3)cc2)cc1. The minimum Gasteiger partial charge on any atom is -0.508 e. The first kappa shape index (κ1) is 21.7. The van der Waals surface area contributed by atoms with Crippen LogP contribution in [0.3, 0.4) is 0 Å². The summed E-state index contributed by atoms with van der Waals surface area (Å²) in [4.78, 5) is 0. The fraction of sp³-hybridized carbons (Fsp3) is 0.200. The summed E-state index contributed by atoms with van der Waals surface area (Å²) in [7, 11) is 0. The third-order valence-electron chi connectivity index (χ3n) is 6.85. The first-order valence-electron chi connectivity index (χ1n) is 11.0. The van der Waals surface area contributed by atoms with Gasteiger partial charge in [-0.1, -0.05) is 92.2 Å². The minimum atomic E-state index is -0.359. The lowest BCUT2D eigenvalue weighted by Crippen LogP contribution is -2.26. The molecule has 0 aliphatic heterocycles. The molecule has 0 bridgehead atoms. The van der Waals surface area contributed by atoms with Gasteiger partial charge in [0.25, 0.3) is 0 Å². The Morgan fingerprint density at radius 2 is 0.719 bits per heavy atom. The fourth-order valence-corrected chi connectivity index (χ4v) is 4.45. The lowest BCUT2D eigenvalue weighted by atomic mass is 9.70. The van der Waals surface area contributed by atoms with Gasteiger partial charge in [0, 0.05) is 10.8 Å². The van der Waals surface area contributed by atoms with Gasteiger partial charge in [0.15, 0.2) is 0 Å². The van der Waals surface area contributed by atoms with E-state index in [1.807, 2.05) is 24.3 Å². The maximum Gasteiger partial charge on any atom is 0.115 e. The molecular formula is C30H30O2. The molecule has 0 fully saturated rings. The van der Waals surface area contributed by atoms with E-state index in [1.54, 1.807) is 24.3 Å². The zero-order valence-corrected chi connectivity index (χ0v) is 19.1. The maximum absolute atomic E-state index is 9.84. The van der Waals surface area contributed by atoms with Crippen molar-refractivity contribution < 1.29 is 10.2 Å². The topological polar surface area (TPSA) is 40.5 Å². The molecule has 4 aromatic rings. The van der Waals surface area contributed by atoms with Gasteiger partial charge >= 0.3 is 0 Å². The second-order valence-electron chi connectivity index (χ2n) is 9.29. The Hall–Kier alpha value is -3.52. The Kier molecular flexibility index (Phi) is 5.56. The summed E-state index contributed by atoms with van der Waals surface area (Å²) in [6.07, 6.45) is 0. The molecule has 0 aliphatic rings. The van der Waals surface area contributed by atoms with Crippen molar-refractivity contribution in [3.05, 3.63) is 130 Å². The van der Waals surface area contributed by atoms with E-state index in [0.717, 1.165) is 11.1 Å². The molecule has 0 saturated carbocycles. The van der Waals surface area contributed by atoms with Crippen LogP contribution in [0.25, 0.3) is 0 Å². The number of phenolic OH excluding ortho intramolecular Hbond substituents is 2. The number of benzene rings is 4. The molecule has 0 saturated heterocycles. The van der Waals surface area contributed by atoms with Crippen LogP contribution >= 0.6 is 0 Å². The van der Waals surface area contributed by atoms with Gasteiger partial charge in [-0.15, -0.1) is 0 Å². The molecule has 1 unspecified atom stereocenters. The Labute approximate surface area is 190 Å². The molecule has 0 aromatic heterocycles. The Morgan fingerprint density at radius 3 is 1.12 bits per heavy atom. The number of hydrogen-bond donors (Lipinski definition) is 2. The van der Waals surface area contributed by atoms with Crippen LogP contribution in [0.5, 0.6) is 11.5 Å². The molecule has 4 rings (SSSR count). The molecule has 0 aliphatic carbocycles. The van der Waals surface area contributed by atoms with Crippen molar-refractivity contribution in [3.63, 3.8) is 0 Å². The highest BCUT2D eigenvalue weighted by molar-refractivity contribution is 5.52. The van der Waals surface area contributed by atoms with Gasteiger partial charge in [0.05, 0.1) is 0 Å². The van der Waals surface area contributed by atoms with E-state index < -0.39 is 0 Å². The molecule has 32 heavy (non-hydrogen) atoms. The highest BCUT2D eigenvalue weighted by Gasteiger charge is 2.32. The summed E-state index contributed by atoms with van der Waals surface area (Å²) < 4.78 is 0. The maximum atomic E-state index is 9.84. The zero-order valence-electron chi connectivity index (χ0n) is 19.1. The van der Waals surface area contributed by atoms with Gasteiger partial charge < -0.3 is 10.2 Å². The largest absolute Gasteiger partial charge is 0.508 e. The van der Waals surface area contributed by atoms with Crippen LogP contribution in [0.4, 0.5) is 0 Å². The third kappa shape index (κ3) is 3.89. The summed E-state index contributed by atoms with van der Waals surface area (Å²) in [5.41, 5.74) is 6.58. The molecule has 0 heterocycles. The van der Waals surface area contributed by atoms with Crippen molar-refractivity contribution in [1.29, 1.82) is 0 Å². The van der Waals surface area contributed by atoms with Gasteiger partial charge in [-0.2, -0.15) is 0 Å². The average Bonchev–Trinajstić information content (AvgIpc) is 2.80. The summed E-state index contributed by atoms with van der Waals surface area (Å²) >= 11 is 0. The van der Waals surface area contributed by atoms with E-state index in [1.165, 1.54) is 22.3 Å². The van der Waals surface area contributed by atoms with E-state index in [2.05, 4.69) is 76.2 Å². The summed E-state index contributed by atoms with van der Waals surface area (Å²) in [6, 6.07) is 32.5. The van der Waals surface area contributed by atoms with Crippen molar-refractivity contribution >= 4 is 0 Å². The second kappa shape index (κ2) is 8.20. The van der Waals surface area contributed by atoms with E-state index in [4.69, 9.17) is 0 Å². The Morgan fingerprint density at radius 1 is 0.438 bits per heavy atom. The van der Waals surface area contributed by atoms with Crippen LogP contribution in [-0.4, -0.2) is 10.2 Å². The summed E-state index contributed by atoms with van der Waals surface area (Å²) in [6.45, 7) is 8.74. The summed E-state index contributed by atoms with van der Waals surface area (Å²) in [5.74, 6) is 0.550. The Balaban J connectivity index is 1.79. The predicted octanol–water partition coefficient (Wildman–Crippen LogP) is 7.09. The van der Waals surface area contributed by atoms with Crippen LogP contribution in [0.1, 0.15) is 54.2 Å². The van der Waals surface area contributed by atoms with Crippen molar-refractivity contribution in [2.24, 2.45) is 0 Å². The highest BCUT2D eigenvalue weighted by atomic mass is 16.3. The number of hydrogen-bond acceptors (Lipinski definition) is 2. The van der Waals surface area contributed by atoms with Crippen LogP contribution in [0, 0.1) is 6.92 Å². The van der Waals surface area contributed by atoms with E-state index in [-0.39, 0.29) is 22.3 Å². The molecule has 162 valence electrons. The Bertz CT molecular complexity index is 1140. The molecular weight excluding hydrogens is 392 g/mol. The third-order valence-corrected chi connectivity index (χ3v) is 6.85. The lowest BCUT2D eigenvalue weighted by molar-refractivity contribution is 0.474. The molecule has 1 atom stereocenters. The number of aryl methyl sites for hydroxylation is 1. The van der Waals surface area contributed by atoms with E-state index >= 15 is 0 Å². The molecule has 0 amide bonds. The number of aromatic hydroxyl groups is 2. The first-order valence-corrected chi connectivity index (χ1v) is 11.0. The van der Waals surface area contributed by atoms with Gasteiger partial charge in [0.1, 0.15) is 11.5 Å². The van der Waals surface area contributed by atoms with Crippen LogP contribution in [0.2, 0.25) is 0 Å². The first-order chi connectivity index (χ1) is 15.2. The quantitative estimate of drug-likeness (QED) is 0.337. The number of phenols is 2. The normalized spacial score (nSPS) is 13.5. The molecule has 0 radical (unpaired) electrons. The zero-order chi connectivity index (χ0) is 22.9. The minimum absolute atomic E-state index is 0.189. The highest BCUT2D eigenvalue weighted by Crippen LogP contribution is 2.41.